The average molecular weight is 367 g/mol. The van der Waals surface area contributed by atoms with E-state index < -0.39 is 5.31 Å². The van der Waals surface area contributed by atoms with E-state index in [0.29, 0.717) is 0 Å². The van der Waals surface area contributed by atoms with E-state index in [1.165, 1.54) is 57.0 Å². The van der Waals surface area contributed by atoms with Crippen molar-refractivity contribution >= 4 is 20.8 Å². The Balaban J connectivity index is 2.82. The summed E-state index contributed by atoms with van der Waals surface area (Å²) in [6, 6.07) is 0. The van der Waals surface area contributed by atoms with Gasteiger partial charge >= 0.3 is 133 Å². The molecule has 0 bridgehead atoms. The van der Waals surface area contributed by atoms with E-state index in [1.807, 2.05) is 0 Å². The first-order valence-corrected chi connectivity index (χ1v) is 13.2. The van der Waals surface area contributed by atoms with Crippen LogP contribution < -0.4 is 0 Å². The summed E-state index contributed by atoms with van der Waals surface area (Å²) in [6.45, 7) is 6.87. The number of ether oxygens (including phenoxy) is 2. The zero-order valence-electron chi connectivity index (χ0n) is 13.4. The zero-order chi connectivity index (χ0) is 14.9. The van der Waals surface area contributed by atoms with Crippen LogP contribution in [0, 0.1) is 0 Å². The Morgan fingerprint density at radius 2 is 1.25 bits per heavy atom. The van der Waals surface area contributed by atoms with E-state index in [-0.39, 0.29) is 6.29 Å². The van der Waals surface area contributed by atoms with E-state index in [2.05, 4.69) is 36.3 Å². The van der Waals surface area contributed by atoms with Gasteiger partial charge in [0.2, 0.25) is 0 Å². The predicted molar refractivity (Wildman–Crippen MR) is 95.1 cm³/mol. The normalized spacial score (nSPS) is 17.5. The second-order valence-corrected chi connectivity index (χ2v) is 17.6. The molecular weight excluding hydrogens is 335 g/mol. The van der Waals surface area contributed by atoms with Crippen molar-refractivity contribution in [3.63, 3.8) is 0 Å². The molecule has 0 N–H and O–H groups in total. The molecule has 0 saturated heterocycles. The van der Waals surface area contributed by atoms with Crippen molar-refractivity contribution in [1.82, 2.24) is 0 Å². The van der Waals surface area contributed by atoms with Crippen LogP contribution in [0.1, 0.15) is 59.3 Å². The molecule has 1 heterocycles. The minimum absolute atomic E-state index is 0.0578. The van der Waals surface area contributed by atoms with E-state index in [4.69, 9.17) is 9.47 Å². The van der Waals surface area contributed by atoms with Crippen molar-refractivity contribution in [3.05, 3.63) is 12.5 Å². The fourth-order valence-electron chi connectivity index (χ4n) is 3.00. The third-order valence-corrected chi connectivity index (χ3v) is 13.9. The van der Waals surface area contributed by atoms with Crippen LogP contribution in [0.5, 0.6) is 0 Å². The molecule has 0 amide bonds. The fourth-order valence-corrected chi connectivity index (χ4v) is 11.4. The number of hydrogen-bond acceptors (Lipinski definition) is 2. The van der Waals surface area contributed by atoms with Crippen molar-refractivity contribution in [2.45, 2.75) is 65.6 Å². The van der Waals surface area contributed by atoms with Gasteiger partial charge in [-0.05, 0) is 0 Å². The SMILES string of the molecule is CCCCP(Br)(CCCC)(CCCC)CC1OC=CO1. The molecule has 120 valence electrons. The molecule has 0 aromatic heterocycles. The summed E-state index contributed by atoms with van der Waals surface area (Å²) >= 11 is 4.35. The van der Waals surface area contributed by atoms with Crippen molar-refractivity contribution in [3.8, 4) is 0 Å². The van der Waals surface area contributed by atoms with Gasteiger partial charge in [-0.3, -0.25) is 0 Å². The third kappa shape index (κ3) is 5.56. The second kappa shape index (κ2) is 8.63. The Bertz CT molecular complexity index is 274. The number of unbranched alkanes of at least 4 members (excludes halogenated alkanes) is 3. The quantitative estimate of drug-likeness (QED) is 0.411. The van der Waals surface area contributed by atoms with E-state index >= 15 is 0 Å². The summed E-state index contributed by atoms with van der Waals surface area (Å²) in [5, 5.41) is -1.89. The van der Waals surface area contributed by atoms with Gasteiger partial charge < -0.3 is 0 Å². The third-order valence-electron chi connectivity index (χ3n) is 4.33. The predicted octanol–water partition coefficient (Wildman–Crippen LogP) is 6.09. The Morgan fingerprint density at radius 1 is 0.850 bits per heavy atom. The molecule has 1 rings (SSSR count). The number of halogens is 1. The first kappa shape index (κ1) is 18.3. The minimum atomic E-state index is -1.89. The average Bonchev–Trinajstić information content (AvgIpc) is 2.94. The summed E-state index contributed by atoms with van der Waals surface area (Å²) in [5.41, 5.74) is 0. The van der Waals surface area contributed by atoms with E-state index in [0.717, 1.165) is 6.16 Å². The molecule has 0 unspecified atom stereocenters. The molecule has 20 heavy (non-hydrogen) atoms. The molecule has 0 radical (unpaired) electrons. The van der Waals surface area contributed by atoms with Crippen LogP contribution >= 0.6 is 20.8 Å². The maximum absolute atomic E-state index is 5.61. The Morgan fingerprint density at radius 3 is 1.60 bits per heavy atom. The van der Waals surface area contributed by atoms with Crippen molar-refractivity contribution in [2.75, 3.05) is 24.6 Å². The molecule has 0 spiro atoms. The van der Waals surface area contributed by atoms with Crippen LogP contribution in [-0.4, -0.2) is 30.9 Å². The first-order valence-electron chi connectivity index (χ1n) is 8.24. The van der Waals surface area contributed by atoms with Gasteiger partial charge in [0, 0.05) is 0 Å². The molecule has 0 aromatic carbocycles. The summed E-state index contributed by atoms with van der Waals surface area (Å²) in [4.78, 5) is 0. The van der Waals surface area contributed by atoms with Crippen LogP contribution in [-0.2, 0) is 9.47 Å². The van der Waals surface area contributed by atoms with Gasteiger partial charge in [0.15, 0.2) is 0 Å². The van der Waals surface area contributed by atoms with Gasteiger partial charge in [0.25, 0.3) is 0 Å². The summed E-state index contributed by atoms with van der Waals surface area (Å²) < 4.78 is 11.2. The van der Waals surface area contributed by atoms with Crippen LogP contribution in [0.2, 0.25) is 0 Å². The fraction of sp³-hybridized carbons (Fsp3) is 0.875. The van der Waals surface area contributed by atoms with Gasteiger partial charge in [-0.1, -0.05) is 0 Å². The summed E-state index contributed by atoms with van der Waals surface area (Å²) in [5.74, 6) is 0. The van der Waals surface area contributed by atoms with Gasteiger partial charge in [-0.2, -0.15) is 0 Å². The molecule has 0 aliphatic carbocycles. The van der Waals surface area contributed by atoms with Gasteiger partial charge in [-0.25, -0.2) is 0 Å². The van der Waals surface area contributed by atoms with Crippen molar-refractivity contribution in [1.29, 1.82) is 0 Å². The van der Waals surface area contributed by atoms with Crippen LogP contribution in [0.3, 0.4) is 0 Å². The van der Waals surface area contributed by atoms with Crippen LogP contribution in [0.4, 0.5) is 0 Å². The molecule has 4 heteroatoms. The molecule has 0 atom stereocenters. The molecular formula is C16H32BrO2P. The summed E-state index contributed by atoms with van der Waals surface area (Å²) in [6.07, 6.45) is 16.2. The van der Waals surface area contributed by atoms with E-state index in [9.17, 15) is 0 Å². The summed E-state index contributed by atoms with van der Waals surface area (Å²) in [7, 11) is 0. The van der Waals surface area contributed by atoms with Crippen molar-refractivity contribution in [2.24, 2.45) is 0 Å². The topological polar surface area (TPSA) is 18.5 Å². The van der Waals surface area contributed by atoms with Crippen LogP contribution in [0.15, 0.2) is 12.5 Å². The molecule has 1 aliphatic rings. The van der Waals surface area contributed by atoms with Gasteiger partial charge in [0.1, 0.15) is 0 Å². The standard InChI is InChI=1S/C16H32BrO2P/c1-4-7-12-20(17,13-8-5-2,14-9-6-3)15-16-18-10-11-19-16/h10-11,16H,4-9,12-15H2,1-3H3. The van der Waals surface area contributed by atoms with Gasteiger partial charge in [-0.15, -0.1) is 0 Å². The van der Waals surface area contributed by atoms with Crippen molar-refractivity contribution < 1.29 is 9.47 Å². The molecule has 0 fully saturated rings. The molecule has 0 aromatic rings. The molecule has 1 aliphatic heterocycles. The number of hydrogen-bond donors (Lipinski definition) is 0. The molecule has 2 nitrogen and oxygen atoms in total. The van der Waals surface area contributed by atoms with E-state index in [1.54, 1.807) is 12.5 Å². The second-order valence-electron chi connectivity index (χ2n) is 6.21. The van der Waals surface area contributed by atoms with Crippen LogP contribution in [0.25, 0.3) is 0 Å². The number of rotatable bonds is 11. The Labute approximate surface area is 133 Å². The first-order chi connectivity index (χ1) is 9.56. The zero-order valence-corrected chi connectivity index (χ0v) is 15.9. The van der Waals surface area contributed by atoms with Gasteiger partial charge in [0.05, 0.1) is 0 Å². The monoisotopic (exact) mass is 366 g/mol. The maximum atomic E-state index is 5.61. The Hall–Kier alpha value is 0.250. The Kier molecular flexibility index (Phi) is 7.90. The molecule has 0 saturated carbocycles.